The standard InChI is InChI=1S/C24H18BNO10/c25-12-15(27)10-9(17(29)21(12)33)14-8(16(28)18(10)30)6-4-1-2-5(3-4)7(6)13(26-14)11-19(31)22(34)24(36)23(35)20(11)32/h4-5,26-28,30-36H,1-3H2. The average Bonchev–Trinajstić information content (AvgIpc) is 3.48. The van der Waals surface area contributed by atoms with E-state index in [1.165, 1.54) is 0 Å². The van der Waals surface area contributed by atoms with E-state index in [1.54, 1.807) is 0 Å². The van der Waals surface area contributed by atoms with Gasteiger partial charge in [-0.3, -0.25) is 4.79 Å². The van der Waals surface area contributed by atoms with E-state index in [-0.39, 0.29) is 28.4 Å². The molecule has 2 aliphatic rings. The lowest BCUT2D eigenvalue weighted by Gasteiger charge is -2.25. The molecule has 182 valence electrons. The maximum absolute atomic E-state index is 13.1. The average molecular weight is 491 g/mol. The highest BCUT2D eigenvalue weighted by atomic mass is 16.4. The van der Waals surface area contributed by atoms with Gasteiger partial charge < -0.3 is 50.9 Å². The van der Waals surface area contributed by atoms with Crippen molar-refractivity contribution in [3.63, 3.8) is 0 Å². The molecule has 1 heterocycles. The fraction of sp³-hybridized carbons (Fsp3) is 0.208. The van der Waals surface area contributed by atoms with E-state index in [9.17, 15) is 50.8 Å². The summed E-state index contributed by atoms with van der Waals surface area (Å²) in [5.74, 6) is -8.90. The van der Waals surface area contributed by atoms with Crippen LogP contribution in [0.2, 0.25) is 0 Å². The van der Waals surface area contributed by atoms with Crippen LogP contribution in [0.25, 0.3) is 32.9 Å². The number of fused-ring (bicyclic) bond motifs is 9. The minimum Gasteiger partial charge on any atom is -0.508 e. The minimum atomic E-state index is -1.15. The third-order valence-electron chi connectivity index (χ3n) is 7.59. The lowest BCUT2D eigenvalue weighted by atomic mass is 9.83. The Labute approximate surface area is 201 Å². The number of aromatic amines is 1. The molecule has 12 heteroatoms. The van der Waals surface area contributed by atoms with E-state index >= 15 is 0 Å². The first-order valence-corrected chi connectivity index (χ1v) is 11.0. The van der Waals surface area contributed by atoms with Crippen LogP contribution in [0, 0.1) is 0 Å². The summed E-state index contributed by atoms with van der Waals surface area (Å²) in [6, 6.07) is 0. The second kappa shape index (κ2) is 6.75. The van der Waals surface area contributed by atoms with Crippen molar-refractivity contribution in [3.8, 4) is 63.0 Å². The van der Waals surface area contributed by atoms with Crippen LogP contribution in [0.15, 0.2) is 4.79 Å². The highest BCUT2D eigenvalue weighted by Crippen LogP contribution is 2.63. The number of nitrogens with one attached hydrogen (secondary N) is 1. The first kappa shape index (κ1) is 21.9. The van der Waals surface area contributed by atoms with E-state index in [1.807, 2.05) is 0 Å². The zero-order chi connectivity index (χ0) is 26.0. The minimum absolute atomic E-state index is 0.0353. The van der Waals surface area contributed by atoms with Crippen molar-refractivity contribution in [2.24, 2.45) is 0 Å². The molecule has 36 heavy (non-hydrogen) atoms. The molecule has 10 N–H and O–H groups in total. The summed E-state index contributed by atoms with van der Waals surface area (Å²) in [5, 5.41) is 93.1. The maximum atomic E-state index is 13.1. The molecule has 1 fully saturated rings. The third kappa shape index (κ3) is 2.35. The molecule has 2 bridgehead atoms. The molecule has 0 spiro atoms. The molecule has 2 aliphatic carbocycles. The Hall–Kier alpha value is -4.61. The van der Waals surface area contributed by atoms with Crippen LogP contribution in [0.3, 0.4) is 0 Å². The van der Waals surface area contributed by atoms with E-state index < -0.39 is 79.0 Å². The van der Waals surface area contributed by atoms with Crippen LogP contribution in [0.1, 0.15) is 42.2 Å². The molecule has 11 nitrogen and oxygen atoms in total. The van der Waals surface area contributed by atoms with E-state index in [0.29, 0.717) is 30.4 Å². The monoisotopic (exact) mass is 491 g/mol. The molecule has 0 aliphatic heterocycles. The van der Waals surface area contributed by atoms with Crippen molar-refractivity contribution in [2.45, 2.75) is 31.1 Å². The van der Waals surface area contributed by atoms with Gasteiger partial charge in [0, 0.05) is 5.39 Å². The number of aromatic nitrogens is 1. The van der Waals surface area contributed by atoms with Gasteiger partial charge in [0.15, 0.2) is 28.7 Å². The van der Waals surface area contributed by atoms with Gasteiger partial charge in [-0.25, -0.2) is 0 Å². The van der Waals surface area contributed by atoms with Crippen molar-refractivity contribution < 1.29 is 46.0 Å². The summed E-state index contributed by atoms with van der Waals surface area (Å²) in [6.45, 7) is 0. The van der Waals surface area contributed by atoms with Crippen LogP contribution in [-0.4, -0.2) is 58.8 Å². The highest BCUT2D eigenvalue weighted by molar-refractivity contribution is 6.38. The Balaban J connectivity index is 1.92. The Kier molecular flexibility index (Phi) is 4.10. The normalized spacial score (nSPS) is 18.3. The number of H-pyrrole nitrogens is 1. The molecule has 2 radical (unpaired) electrons. The number of benzene rings is 3. The molecular formula is C24H18BNO10. The Morgan fingerprint density at radius 2 is 1.14 bits per heavy atom. The number of rotatable bonds is 1. The van der Waals surface area contributed by atoms with Crippen molar-refractivity contribution >= 4 is 35.0 Å². The van der Waals surface area contributed by atoms with Crippen molar-refractivity contribution in [3.05, 3.63) is 21.4 Å². The molecule has 0 saturated heterocycles. The maximum Gasteiger partial charge on any atom is 0.229 e. The van der Waals surface area contributed by atoms with Gasteiger partial charge in [-0.1, -0.05) is 0 Å². The van der Waals surface area contributed by atoms with Crippen molar-refractivity contribution in [2.75, 3.05) is 0 Å². The van der Waals surface area contributed by atoms with Gasteiger partial charge in [-0.05, 0) is 47.7 Å². The summed E-state index contributed by atoms with van der Waals surface area (Å²) in [4.78, 5) is 16.0. The first-order chi connectivity index (χ1) is 17.0. The molecule has 6 rings (SSSR count). The number of phenols is 9. The lowest BCUT2D eigenvalue weighted by Crippen LogP contribution is -2.16. The number of phenolic OH excluding ortho intramolecular Hbond substituents is 9. The summed E-state index contributed by atoms with van der Waals surface area (Å²) in [7, 11) is 5.61. The molecule has 4 aromatic rings. The van der Waals surface area contributed by atoms with Gasteiger partial charge in [0.05, 0.1) is 27.5 Å². The van der Waals surface area contributed by atoms with Gasteiger partial charge in [-0.2, -0.15) is 0 Å². The molecule has 1 aromatic heterocycles. The topological polar surface area (TPSA) is 215 Å². The van der Waals surface area contributed by atoms with Gasteiger partial charge in [0.1, 0.15) is 13.6 Å². The van der Waals surface area contributed by atoms with Crippen LogP contribution >= 0.6 is 0 Å². The van der Waals surface area contributed by atoms with Gasteiger partial charge in [0.2, 0.25) is 22.7 Å². The number of aromatic hydroxyl groups is 9. The fourth-order valence-electron chi connectivity index (χ4n) is 5.99. The smallest absolute Gasteiger partial charge is 0.229 e. The molecule has 0 amide bonds. The molecule has 1 saturated carbocycles. The predicted molar refractivity (Wildman–Crippen MR) is 127 cm³/mol. The zero-order valence-electron chi connectivity index (χ0n) is 18.3. The summed E-state index contributed by atoms with van der Waals surface area (Å²) >= 11 is 0. The summed E-state index contributed by atoms with van der Waals surface area (Å²) in [5.41, 5.74) is -1.47. The van der Waals surface area contributed by atoms with Gasteiger partial charge in [0.25, 0.3) is 0 Å². The van der Waals surface area contributed by atoms with E-state index in [2.05, 4.69) is 4.98 Å². The third-order valence-corrected chi connectivity index (χ3v) is 7.59. The van der Waals surface area contributed by atoms with Crippen LogP contribution in [0.5, 0.6) is 51.7 Å². The van der Waals surface area contributed by atoms with Crippen molar-refractivity contribution in [1.82, 2.24) is 4.98 Å². The van der Waals surface area contributed by atoms with Crippen LogP contribution in [0.4, 0.5) is 0 Å². The second-order valence-electron chi connectivity index (χ2n) is 9.29. The zero-order valence-corrected chi connectivity index (χ0v) is 18.3. The van der Waals surface area contributed by atoms with Crippen molar-refractivity contribution in [1.29, 1.82) is 0 Å². The van der Waals surface area contributed by atoms with Crippen LogP contribution in [-0.2, 0) is 0 Å². The predicted octanol–water partition coefficient (Wildman–Crippen LogP) is 1.86. The largest absolute Gasteiger partial charge is 0.508 e. The highest BCUT2D eigenvalue weighted by Gasteiger charge is 2.43. The second-order valence-corrected chi connectivity index (χ2v) is 9.29. The van der Waals surface area contributed by atoms with Crippen LogP contribution < -0.4 is 10.9 Å². The Morgan fingerprint density at radius 3 is 1.75 bits per heavy atom. The molecule has 2 atom stereocenters. The van der Waals surface area contributed by atoms with E-state index in [0.717, 1.165) is 0 Å². The fourth-order valence-corrected chi connectivity index (χ4v) is 5.99. The molecule has 2 unspecified atom stereocenters. The molecular weight excluding hydrogens is 473 g/mol. The molecule has 3 aromatic carbocycles. The lowest BCUT2D eigenvalue weighted by molar-refractivity contribution is 0.330. The van der Waals surface area contributed by atoms with Gasteiger partial charge >= 0.3 is 0 Å². The number of hydrogen-bond donors (Lipinski definition) is 10. The number of hydrogen-bond acceptors (Lipinski definition) is 10. The Morgan fingerprint density at radius 1 is 0.611 bits per heavy atom. The van der Waals surface area contributed by atoms with E-state index in [4.69, 9.17) is 7.85 Å². The first-order valence-electron chi connectivity index (χ1n) is 11.0. The van der Waals surface area contributed by atoms with Gasteiger partial charge in [-0.15, -0.1) is 0 Å². The summed E-state index contributed by atoms with van der Waals surface area (Å²) in [6.07, 6.45) is 2.00. The number of pyridine rings is 1. The summed E-state index contributed by atoms with van der Waals surface area (Å²) < 4.78 is 0. The Bertz CT molecular complexity index is 1730. The SMILES string of the molecule is [B]c1c(O)c(=O)c2c(c1O)c(O)c(O)c1c3c(c(-c4c(O)c(O)c(O)c(O)c4O)[nH]c12)C1CCC3C1. The quantitative estimate of drug-likeness (QED) is 0.0807.